The van der Waals surface area contributed by atoms with Gasteiger partial charge in [-0.25, -0.2) is 0 Å². The molecule has 0 spiro atoms. The average molecular weight is 1460 g/mol. The van der Waals surface area contributed by atoms with Crippen LogP contribution in [0, 0.1) is 0 Å². The molecule has 576 valence electrons. The molecular weight excluding hydrogens is 1370 g/mol. The second-order valence-corrected chi connectivity index (χ2v) is 25.3. The minimum absolute atomic E-state index is 1.11. The maximum atomic E-state index is 11.5. The Labute approximate surface area is 558 Å². The maximum absolute atomic E-state index is 11.5. The van der Waals surface area contributed by atoms with Gasteiger partial charge in [0, 0.05) is 0 Å². The van der Waals surface area contributed by atoms with Gasteiger partial charge in [0.05, 0.1) is 59.5 Å². The lowest BCUT2D eigenvalue weighted by Gasteiger charge is -2.50. The number of aliphatic hydroxyl groups is 27. The molecule has 45 atom stereocenters. The van der Waals surface area contributed by atoms with E-state index in [1.165, 1.54) is 0 Å². The number of hydrogen-bond donors (Lipinski definition) is 27. The topological polar surface area (TPSA) is 712 Å². The van der Waals surface area contributed by atoms with Crippen LogP contribution in [0.1, 0.15) is 0 Å². The van der Waals surface area contributed by atoms with E-state index in [2.05, 4.69) is 0 Å². The van der Waals surface area contributed by atoms with E-state index in [-0.39, 0.29) is 0 Å². The molecule has 27 fully saturated rings. The van der Waals surface area contributed by atoms with E-state index in [0.717, 1.165) is 0 Å². The van der Waals surface area contributed by atoms with Crippen LogP contribution in [0.3, 0.4) is 0 Å². The van der Waals surface area contributed by atoms with Crippen molar-refractivity contribution in [3.8, 4) is 0 Å². The monoisotopic (exact) mass is 1460 g/mol. The molecule has 99 heavy (non-hydrogen) atoms. The van der Waals surface area contributed by atoms with Gasteiger partial charge in [-0.15, -0.1) is 0 Å². The van der Waals surface area contributed by atoms with Gasteiger partial charge in [-0.1, -0.05) is 0 Å². The summed E-state index contributed by atoms with van der Waals surface area (Å²) < 4.78 is 103. The molecule has 0 aromatic heterocycles. The first-order valence-corrected chi connectivity index (χ1v) is 31.7. The SMILES string of the molecule is OC[C@H]1O[C@@H]2O[C@H]3[C@H](O)[C@@H](O)[C@@H](O[C@H]4[C@H](O)[C@@H](O)[C@@H](O[C@H]5[C@H](O)[C@@H](O)[C@@H](O[C@H]6[C@@H](O)[C@@H](O)[C@@H](O[C@H]7[C@H](O)[C@@H](O)[C@@H](O[C@H]8[C@@H](O)[C@@H](O)[C@@H](O[C@H]9[C@H](O)[C@H](O)[C@@H](O[C@H]%10[C@@H](O)[C@H](O)[C@@H](O[C@H]1[C@H](O)[C@@H]2O)O[C@@H]%10CO)O[C@@H]9CO)O[C@@H]8CO)O[C@@H]7CO)O[C@@H]6CO)O[C@@H]5CO)O[C@@H]4CO)O[C@@H]3CO. The molecular formula is C54H90O45. The third-order valence-corrected chi connectivity index (χ3v) is 19.0. The Morgan fingerprint density at radius 2 is 0.202 bits per heavy atom. The summed E-state index contributed by atoms with van der Waals surface area (Å²) in [6, 6.07) is 0. The lowest BCUT2D eigenvalue weighted by atomic mass is 9.95. The van der Waals surface area contributed by atoms with Crippen molar-refractivity contribution in [3.63, 3.8) is 0 Å². The quantitative estimate of drug-likeness (QED) is 0.102. The molecule has 27 N–H and O–H groups in total. The van der Waals surface area contributed by atoms with Crippen LogP contribution in [0.15, 0.2) is 0 Å². The van der Waals surface area contributed by atoms with Crippen molar-refractivity contribution in [2.24, 2.45) is 0 Å². The van der Waals surface area contributed by atoms with Gasteiger partial charge >= 0.3 is 0 Å². The molecule has 0 aromatic rings. The molecule has 27 heterocycles. The molecule has 27 aliphatic heterocycles. The Morgan fingerprint density at radius 3 is 0.273 bits per heavy atom. The van der Waals surface area contributed by atoms with E-state index >= 15 is 0 Å². The van der Waals surface area contributed by atoms with Crippen LogP contribution >= 0.6 is 0 Å². The van der Waals surface area contributed by atoms with E-state index in [1.54, 1.807) is 0 Å². The van der Waals surface area contributed by atoms with Gasteiger partial charge in [-0.3, -0.25) is 0 Å². The Balaban J connectivity index is 0.896. The highest BCUT2D eigenvalue weighted by Gasteiger charge is 2.61. The van der Waals surface area contributed by atoms with E-state index in [9.17, 15) is 138 Å². The molecule has 0 saturated carbocycles. The number of hydrogen-bond acceptors (Lipinski definition) is 45. The standard InChI is InChI=1S/C54H90O45/c55-1-10-37-19(64)28(73)46(82-10)92-38-11(2-56)84-48(30(75)21(38)66)94-40-13(4-58)86-50(32(77)23(40)68)96-42-15(6-60)88-52(34(79)25(42)70)98-44-17(8-62)90-54(36(81)27(44)72)99-45-18(9-63)89-53(35(80)26(45)71)97-43-16(7-61)87-51(33(78)24(43)69)95-41-14(5-59)85-49(31(76)22(41)67)93-39-12(3-57)83-47(91-37)29(74)20(39)65/h10-81H,1-9H2/t10-,11-,12-,13-,14-,15-,16-,17-,18-,19-,20-,21-,22-,23+,24+,25-,26-,27+,28-,29-,30-,31+,32-,33+,34-,35+,36-,37-,38-,39-,40-,41-,42-,43-,44-,45-,46-,47-,48-,49-,50-,51-,52-,53-,54-/m1/s1. The van der Waals surface area contributed by atoms with Gasteiger partial charge in [0.1, 0.15) is 220 Å². The Kier molecular flexibility index (Phi) is 27.4. The molecule has 18 bridgehead atoms. The van der Waals surface area contributed by atoms with Crippen molar-refractivity contribution >= 4 is 0 Å². The fourth-order valence-corrected chi connectivity index (χ4v) is 13.4. The summed E-state index contributed by atoms with van der Waals surface area (Å²) in [7, 11) is 0. The molecule has 0 unspecified atom stereocenters. The minimum atomic E-state index is -2.28. The van der Waals surface area contributed by atoms with Gasteiger partial charge in [-0.05, 0) is 0 Å². The normalized spacial score (nSPS) is 55.4. The second-order valence-electron chi connectivity index (χ2n) is 25.3. The molecule has 0 aliphatic carbocycles. The molecule has 45 nitrogen and oxygen atoms in total. The van der Waals surface area contributed by atoms with E-state index < -0.39 is 336 Å². The summed E-state index contributed by atoms with van der Waals surface area (Å²) in [5, 5.41) is 300. The van der Waals surface area contributed by atoms with Crippen LogP contribution in [0.25, 0.3) is 0 Å². The van der Waals surface area contributed by atoms with Crippen molar-refractivity contribution in [3.05, 3.63) is 0 Å². The first kappa shape index (κ1) is 79.8. The Morgan fingerprint density at radius 1 is 0.121 bits per heavy atom. The van der Waals surface area contributed by atoms with Crippen LogP contribution in [-0.2, 0) is 85.3 Å². The summed E-state index contributed by atoms with van der Waals surface area (Å²) in [5.41, 5.74) is 0. The molecule has 27 saturated heterocycles. The fourth-order valence-electron chi connectivity index (χ4n) is 13.4. The zero-order valence-corrected chi connectivity index (χ0v) is 51.8. The third-order valence-electron chi connectivity index (χ3n) is 19.0. The highest BCUT2D eigenvalue weighted by molar-refractivity contribution is 5.03. The summed E-state index contributed by atoms with van der Waals surface area (Å²) in [6.45, 7) is -9.99. The fraction of sp³-hybridized carbons (Fsp3) is 1.00. The zero-order valence-electron chi connectivity index (χ0n) is 51.8. The lowest BCUT2D eigenvalue weighted by molar-refractivity contribution is -0.399. The zero-order chi connectivity index (χ0) is 72.1. The maximum Gasteiger partial charge on any atom is 0.187 e. The predicted molar refractivity (Wildman–Crippen MR) is 294 cm³/mol. The van der Waals surface area contributed by atoms with E-state index in [1.807, 2.05) is 0 Å². The van der Waals surface area contributed by atoms with Crippen molar-refractivity contribution in [1.29, 1.82) is 0 Å². The van der Waals surface area contributed by atoms with Gasteiger partial charge in [0.25, 0.3) is 0 Å². The van der Waals surface area contributed by atoms with Gasteiger partial charge in [0.2, 0.25) is 0 Å². The molecule has 45 heteroatoms. The van der Waals surface area contributed by atoms with Gasteiger partial charge < -0.3 is 223 Å². The highest BCUT2D eigenvalue weighted by atomic mass is 16.8. The first-order valence-electron chi connectivity index (χ1n) is 31.7. The van der Waals surface area contributed by atoms with E-state index in [4.69, 9.17) is 85.3 Å². The summed E-state index contributed by atoms with van der Waals surface area (Å²) in [6.07, 6.45) is -93.8. The second kappa shape index (κ2) is 34.0. The molecule has 0 aromatic carbocycles. The van der Waals surface area contributed by atoms with Crippen LogP contribution in [0.2, 0.25) is 0 Å². The molecule has 27 aliphatic rings. The number of rotatable bonds is 9. The Hall–Kier alpha value is -1.80. The molecule has 0 amide bonds. The van der Waals surface area contributed by atoms with E-state index in [0.29, 0.717) is 0 Å². The first-order chi connectivity index (χ1) is 47.1. The highest BCUT2D eigenvalue weighted by Crippen LogP contribution is 2.40. The molecule has 0 radical (unpaired) electrons. The third kappa shape index (κ3) is 15.8. The van der Waals surface area contributed by atoms with Crippen LogP contribution in [0.5, 0.6) is 0 Å². The smallest absolute Gasteiger partial charge is 0.187 e. The van der Waals surface area contributed by atoms with Crippen LogP contribution in [0.4, 0.5) is 0 Å². The Bertz CT molecular complexity index is 1940. The average Bonchev–Trinajstić information content (AvgIpc) is 0.782. The summed E-state index contributed by atoms with van der Waals surface area (Å²) in [5.74, 6) is 0. The van der Waals surface area contributed by atoms with Crippen molar-refractivity contribution < 1.29 is 223 Å². The minimum Gasteiger partial charge on any atom is -0.394 e. The largest absolute Gasteiger partial charge is 0.394 e. The van der Waals surface area contributed by atoms with Crippen molar-refractivity contribution in [2.45, 2.75) is 276 Å². The van der Waals surface area contributed by atoms with Crippen molar-refractivity contribution in [2.75, 3.05) is 59.5 Å². The predicted octanol–water partition coefficient (Wildman–Crippen LogP) is -19.6. The van der Waals surface area contributed by atoms with Gasteiger partial charge in [-0.2, -0.15) is 0 Å². The number of ether oxygens (including phenoxy) is 18. The lowest BCUT2D eigenvalue weighted by Crippen LogP contribution is -2.68. The van der Waals surface area contributed by atoms with Crippen LogP contribution < -0.4 is 0 Å². The summed E-state index contributed by atoms with van der Waals surface area (Å²) >= 11 is 0. The number of aliphatic hydroxyl groups excluding tert-OH is 27. The molecule has 27 rings (SSSR count). The van der Waals surface area contributed by atoms with Gasteiger partial charge in [0.15, 0.2) is 56.6 Å². The van der Waals surface area contributed by atoms with Crippen LogP contribution in [-0.4, -0.2) is 474 Å². The van der Waals surface area contributed by atoms with Crippen molar-refractivity contribution in [1.82, 2.24) is 0 Å². The summed E-state index contributed by atoms with van der Waals surface area (Å²) in [4.78, 5) is 0.